The van der Waals surface area contributed by atoms with E-state index in [1.807, 2.05) is 6.92 Å². The highest BCUT2D eigenvalue weighted by Gasteiger charge is 2.13. The maximum absolute atomic E-state index is 12.9. The normalized spacial score (nSPS) is 12.5. The molecule has 2 nitrogen and oxygen atoms in total. The fraction of sp³-hybridized carbons (Fsp3) is 0.417. The Balaban J connectivity index is 2.72. The van der Waals surface area contributed by atoms with Crippen molar-refractivity contribution in [3.8, 4) is 0 Å². The monoisotopic (exact) mass is 228 g/mol. The molecular formula is C12H14F2O2. The summed E-state index contributed by atoms with van der Waals surface area (Å²) in [4.78, 5) is 11.6. The number of ketones is 1. The van der Waals surface area contributed by atoms with Crippen molar-refractivity contribution in [2.75, 3.05) is 13.7 Å². The van der Waals surface area contributed by atoms with E-state index in [9.17, 15) is 13.6 Å². The lowest BCUT2D eigenvalue weighted by Gasteiger charge is -2.09. The van der Waals surface area contributed by atoms with Crippen molar-refractivity contribution in [3.05, 3.63) is 35.4 Å². The van der Waals surface area contributed by atoms with Gasteiger partial charge in [-0.15, -0.1) is 0 Å². The molecule has 0 aromatic heterocycles. The second kappa shape index (κ2) is 5.70. The number of benzene rings is 1. The molecule has 0 saturated heterocycles. The van der Waals surface area contributed by atoms with E-state index in [2.05, 4.69) is 0 Å². The molecule has 0 saturated carbocycles. The van der Waals surface area contributed by atoms with Crippen LogP contribution in [0.2, 0.25) is 0 Å². The zero-order valence-electron chi connectivity index (χ0n) is 9.30. The fourth-order valence-electron chi connectivity index (χ4n) is 1.49. The van der Waals surface area contributed by atoms with Crippen molar-refractivity contribution < 1.29 is 18.3 Å². The lowest BCUT2D eigenvalue weighted by atomic mass is 10.0. The molecule has 0 amide bonds. The van der Waals surface area contributed by atoms with Crippen LogP contribution in [-0.2, 0) is 4.74 Å². The molecule has 0 bridgehead atoms. The summed E-state index contributed by atoms with van der Waals surface area (Å²) in [5.74, 6) is -1.71. The molecule has 0 aliphatic carbocycles. The SMILES string of the molecule is COCC(C)CC(=O)c1cc(F)cc(F)c1. The lowest BCUT2D eigenvalue weighted by Crippen LogP contribution is -2.11. The van der Waals surface area contributed by atoms with Crippen molar-refractivity contribution in [1.29, 1.82) is 0 Å². The molecular weight excluding hydrogens is 214 g/mol. The van der Waals surface area contributed by atoms with Gasteiger partial charge in [0.05, 0.1) is 0 Å². The van der Waals surface area contributed by atoms with Crippen molar-refractivity contribution in [2.24, 2.45) is 5.92 Å². The molecule has 1 rings (SSSR count). The Hall–Kier alpha value is -1.29. The first-order chi connectivity index (χ1) is 7.52. The molecule has 0 spiro atoms. The highest BCUT2D eigenvalue weighted by molar-refractivity contribution is 5.96. The quantitative estimate of drug-likeness (QED) is 0.724. The molecule has 1 atom stereocenters. The van der Waals surface area contributed by atoms with Crippen LogP contribution in [0.25, 0.3) is 0 Å². The van der Waals surface area contributed by atoms with Crippen molar-refractivity contribution >= 4 is 5.78 Å². The summed E-state index contributed by atoms with van der Waals surface area (Å²) in [5.41, 5.74) is 0.0699. The average Bonchev–Trinajstić information content (AvgIpc) is 2.16. The summed E-state index contributed by atoms with van der Waals surface area (Å²) in [6, 6.07) is 2.84. The molecule has 1 unspecified atom stereocenters. The predicted octanol–water partition coefficient (Wildman–Crippen LogP) is 2.82. The third-order valence-electron chi connectivity index (χ3n) is 2.17. The molecule has 0 aliphatic heterocycles. The van der Waals surface area contributed by atoms with Gasteiger partial charge in [0.15, 0.2) is 5.78 Å². The Labute approximate surface area is 93.2 Å². The zero-order valence-corrected chi connectivity index (χ0v) is 9.30. The van der Waals surface area contributed by atoms with Crippen LogP contribution in [0, 0.1) is 17.6 Å². The van der Waals surface area contributed by atoms with Gasteiger partial charge in [-0.05, 0) is 18.1 Å². The van der Waals surface area contributed by atoms with Crippen LogP contribution in [0.5, 0.6) is 0 Å². The molecule has 0 aliphatic rings. The number of ether oxygens (including phenoxy) is 1. The lowest BCUT2D eigenvalue weighted by molar-refractivity contribution is 0.0919. The Bertz CT molecular complexity index is 357. The fourth-order valence-corrected chi connectivity index (χ4v) is 1.49. The largest absolute Gasteiger partial charge is 0.384 e. The minimum Gasteiger partial charge on any atom is -0.384 e. The number of carbonyl (C=O) groups is 1. The molecule has 1 aromatic carbocycles. The van der Waals surface area contributed by atoms with Gasteiger partial charge in [0.2, 0.25) is 0 Å². The van der Waals surface area contributed by atoms with Crippen LogP contribution in [0.3, 0.4) is 0 Å². The van der Waals surface area contributed by atoms with Gasteiger partial charge in [0.1, 0.15) is 11.6 Å². The van der Waals surface area contributed by atoms with Gasteiger partial charge in [-0.25, -0.2) is 8.78 Å². The maximum atomic E-state index is 12.9. The van der Waals surface area contributed by atoms with Crippen LogP contribution in [0.15, 0.2) is 18.2 Å². The second-order valence-electron chi connectivity index (χ2n) is 3.85. The molecule has 88 valence electrons. The third kappa shape index (κ3) is 3.70. The number of halogens is 2. The molecule has 1 aromatic rings. The molecule has 0 radical (unpaired) electrons. The van der Waals surface area contributed by atoms with E-state index < -0.39 is 11.6 Å². The summed E-state index contributed by atoms with van der Waals surface area (Å²) < 4.78 is 30.6. The van der Waals surface area contributed by atoms with Crippen LogP contribution in [-0.4, -0.2) is 19.5 Å². The predicted molar refractivity (Wildman–Crippen MR) is 56.3 cm³/mol. The maximum Gasteiger partial charge on any atom is 0.163 e. The molecule has 4 heteroatoms. The van der Waals surface area contributed by atoms with Gasteiger partial charge >= 0.3 is 0 Å². The van der Waals surface area contributed by atoms with Gasteiger partial charge in [0, 0.05) is 31.8 Å². The number of rotatable bonds is 5. The first-order valence-electron chi connectivity index (χ1n) is 5.01. The summed E-state index contributed by atoms with van der Waals surface area (Å²) in [7, 11) is 1.54. The van der Waals surface area contributed by atoms with E-state index in [-0.39, 0.29) is 23.7 Å². The number of hydrogen-bond donors (Lipinski definition) is 0. The van der Waals surface area contributed by atoms with E-state index >= 15 is 0 Å². The summed E-state index contributed by atoms with van der Waals surface area (Å²) in [6.07, 6.45) is 0.219. The van der Waals surface area contributed by atoms with Gasteiger partial charge in [-0.1, -0.05) is 6.92 Å². The topological polar surface area (TPSA) is 26.3 Å². The number of hydrogen-bond acceptors (Lipinski definition) is 2. The standard InChI is InChI=1S/C12H14F2O2/c1-8(7-16-2)3-12(15)9-4-10(13)6-11(14)5-9/h4-6,8H,3,7H2,1-2H3. The smallest absolute Gasteiger partial charge is 0.163 e. The van der Waals surface area contributed by atoms with E-state index in [0.717, 1.165) is 18.2 Å². The van der Waals surface area contributed by atoms with Crippen molar-refractivity contribution in [2.45, 2.75) is 13.3 Å². The first kappa shape index (κ1) is 12.8. The minimum absolute atomic E-state index is 0.0313. The van der Waals surface area contributed by atoms with Crippen LogP contribution < -0.4 is 0 Å². The highest BCUT2D eigenvalue weighted by Crippen LogP contribution is 2.13. The number of methoxy groups -OCH3 is 1. The van der Waals surface area contributed by atoms with Gasteiger partial charge in [-0.3, -0.25) is 4.79 Å². The number of carbonyl (C=O) groups excluding carboxylic acids is 1. The minimum atomic E-state index is -0.734. The summed E-state index contributed by atoms with van der Waals surface area (Å²) in [6.45, 7) is 2.29. The van der Waals surface area contributed by atoms with E-state index in [1.54, 1.807) is 7.11 Å². The first-order valence-corrected chi connectivity index (χ1v) is 5.01. The van der Waals surface area contributed by atoms with Crippen LogP contribution in [0.4, 0.5) is 8.78 Å². The number of Topliss-reactive ketones (excluding diaryl/α,β-unsaturated/α-hetero) is 1. The molecule has 0 heterocycles. The second-order valence-corrected chi connectivity index (χ2v) is 3.85. The van der Waals surface area contributed by atoms with Crippen molar-refractivity contribution in [1.82, 2.24) is 0 Å². The Morgan fingerprint density at radius 2 is 1.88 bits per heavy atom. The Morgan fingerprint density at radius 1 is 1.31 bits per heavy atom. The van der Waals surface area contributed by atoms with E-state index in [4.69, 9.17) is 4.74 Å². The van der Waals surface area contributed by atoms with Gasteiger partial charge in [-0.2, -0.15) is 0 Å². The average molecular weight is 228 g/mol. The zero-order chi connectivity index (χ0) is 12.1. The summed E-state index contributed by atoms with van der Waals surface area (Å²) in [5, 5.41) is 0. The van der Waals surface area contributed by atoms with Crippen LogP contribution >= 0.6 is 0 Å². The Kier molecular flexibility index (Phi) is 4.55. The molecule has 0 N–H and O–H groups in total. The van der Waals surface area contributed by atoms with Gasteiger partial charge in [0.25, 0.3) is 0 Å². The third-order valence-corrected chi connectivity index (χ3v) is 2.17. The Morgan fingerprint density at radius 3 is 2.38 bits per heavy atom. The van der Waals surface area contributed by atoms with E-state index in [0.29, 0.717) is 6.61 Å². The highest BCUT2D eigenvalue weighted by atomic mass is 19.1. The van der Waals surface area contributed by atoms with Crippen molar-refractivity contribution in [3.63, 3.8) is 0 Å². The van der Waals surface area contributed by atoms with Crippen LogP contribution in [0.1, 0.15) is 23.7 Å². The van der Waals surface area contributed by atoms with Gasteiger partial charge < -0.3 is 4.74 Å². The summed E-state index contributed by atoms with van der Waals surface area (Å²) >= 11 is 0. The molecule has 16 heavy (non-hydrogen) atoms. The molecule has 0 fully saturated rings. The van der Waals surface area contributed by atoms with E-state index in [1.165, 1.54) is 0 Å².